The molecule has 9 atom stereocenters. The van der Waals surface area contributed by atoms with Crippen molar-refractivity contribution in [2.24, 2.45) is 39.4 Å². The molecule has 0 radical (unpaired) electrons. The van der Waals surface area contributed by atoms with Crippen molar-refractivity contribution in [1.82, 2.24) is 0 Å². The van der Waals surface area contributed by atoms with Crippen LogP contribution in [0.25, 0.3) is 0 Å². The molecule has 0 spiro atoms. The van der Waals surface area contributed by atoms with E-state index < -0.39 is 69.2 Å². The Morgan fingerprint density at radius 2 is 1.72 bits per heavy atom. The number of carbonyl (C=O) groups is 5. The highest BCUT2D eigenvalue weighted by molar-refractivity contribution is 5.96. The van der Waals surface area contributed by atoms with Gasteiger partial charge in [-0.1, -0.05) is 32.4 Å². The smallest absolute Gasteiger partial charge is 0.303 e. The summed E-state index contributed by atoms with van der Waals surface area (Å²) in [6.45, 7) is 15.1. The average molecular weight is 647 g/mol. The Labute approximate surface area is 272 Å². The zero-order valence-electron chi connectivity index (χ0n) is 28.9. The van der Waals surface area contributed by atoms with Gasteiger partial charge >= 0.3 is 5.97 Å². The third-order valence-electron chi connectivity index (χ3n) is 12.0. The standard InChI is InChI=1S/C31H44O8.C5H10O2/c1-17(33)39-27(2,3)12-11-21(34)25(37)19-10-13-29(6)23-9-8-18-20(14-22(35)26(38)28(18,4)5)31(23,16-32)24(36)15-30(19,29)7;1-3-5(7)4(2)6/h8,11-12,19-20,22-23,25,32,35,37H,9-10,13-16H2,1-7H3;4,6H,3H2,1-2H3/b12-11+;/t19?,20?,22?,23-,25?,29?,30?,31?;/m0./s1. The molecule has 4 N–H and O–H groups in total. The Bertz CT molecular complexity index is 1310. The second-order valence-corrected chi connectivity index (χ2v) is 15.4. The van der Waals surface area contributed by atoms with Crippen molar-refractivity contribution in [3.63, 3.8) is 0 Å². The highest BCUT2D eigenvalue weighted by Gasteiger charge is 2.72. The number of esters is 1. The van der Waals surface area contributed by atoms with E-state index in [1.165, 1.54) is 26.0 Å². The molecule has 3 saturated carbocycles. The van der Waals surface area contributed by atoms with Gasteiger partial charge in [0.2, 0.25) is 0 Å². The Hall–Kier alpha value is -2.53. The van der Waals surface area contributed by atoms with Gasteiger partial charge in [0, 0.05) is 25.2 Å². The first-order valence-corrected chi connectivity index (χ1v) is 16.5. The zero-order valence-corrected chi connectivity index (χ0v) is 28.9. The molecular formula is C36H54O10. The molecule has 0 aromatic heterocycles. The number of carbonyl (C=O) groups excluding carboxylic acids is 5. The number of fused-ring (bicyclic) bond motifs is 5. The lowest BCUT2D eigenvalue weighted by Gasteiger charge is -2.64. The largest absolute Gasteiger partial charge is 0.456 e. The fourth-order valence-corrected chi connectivity index (χ4v) is 9.23. The van der Waals surface area contributed by atoms with Crippen LogP contribution in [0.2, 0.25) is 0 Å². The number of aliphatic hydroxyl groups is 4. The summed E-state index contributed by atoms with van der Waals surface area (Å²) in [4.78, 5) is 61.8. The molecule has 0 amide bonds. The Morgan fingerprint density at radius 3 is 2.22 bits per heavy atom. The lowest BCUT2D eigenvalue weighted by molar-refractivity contribution is -0.186. The molecule has 0 aromatic rings. The van der Waals surface area contributed by atoms with Crippen LogP contribution < -0.4 is 0 Å². The van der Waals surface area contributed by atoms with E-state index in [1.807, 2.05) is 13.0 Å². The monoisotopic (exact) mass is 646 g/mol. The molecule has 4 aliphatic rings. The minimum atomic E-state index is -1.33. The van der Waals surface area contributed by atoms with Crippen LogP contribution in [0.4, 0.5) is 0 Å². The predicted octanol–water partition coefficient (Wildman–Crippen LogP) is 3.46. The van der Waals surface area contributed by atoms with E-state index in [0.29, 0.717) is 25.7 Å². The molecule has 3 fully saturated rings. The molecule has 0 aromatic carbocycles. The van der Waals surface area contributed by atoms with Crippen LogP contribution in [0, 0.1) is 39.4 Å². The maximum Gasteiger partial charge on any atom is 0.303 e. The van der Waals surface area contributed by atoms with Gasteiger partial charge in [-0.05, 0) is 101 Å². The van der Waals surface area contributed by atoms with E-state index >= 15 is 0 Å². The molecule has 0 aliphatic heterocycles. The van der Waals surface area contributed by atoms with Crippen molar-refractivity contribution in [3.05, 3.63) is 23.8 Å². The third kappa shape index (κ3) is 6.22. The van der Waals surface area contributed by atoms with E-state index in [1.54, 1.807) is 34.6 Å². The summed E-state index contributed by atoms with van der Waals surface area (Å²) in [6.07, 6.45) is 3.80. The van der Waals surface area contributed by atoms with Gasteiger partial charge in [0.15, 0.2) is 17.3 Å². The summed E-state index contributed by atoms with van der Waals surface area (Å²) in [6, 6.07) is 0. The predicted molar refractivity (Wildman–Crippen MR) is 170 cm³/mol. The number of hydrogen-bond acceptors (Lipinski definition) is 10. The van der Waals surface area contributed by atoms with Crippen LogP contribution in [0.3, 0.4) is 0 Å². The fraction of sp³-hybridized carbons (Fsp3) is 0.750. The van der Waals surface area contributed by atoms with Crippen LogP contribution in [-0.4, -0.2) is 80.0 Å². The van der Waals surface area contributed by atoms with Crippen LogP contribution in [-0.2, 0) is 28.7 Å². The van der Waals surface area contributed by atoms with Gasteiger partial charge in [-0.15, -0.1) is 0 Å². The third-order valence-corrected chi connectivity index (χ3v) is 12.0. The molecular weight excluding hydrogens is 592 g/mol. The van der Waals surface area contributed by atoms with Crippen molar-refractivity contribution in [2.75, 3.05) is 6.61 Å². The highest BCUT2D eigenvalue weighted by Crippen LogP contribution is 2.73. The first-order chi connectivity index (χ1) is 21.1. The van der Waals surface area contributed by atoms with Crippen molar-refractivity contribution in [3.8, 4) is 0 Å². The van der Waals surface area contributed by atoms with Gasteiger partial charge in [0.05, 0.1) is 12.0 Å². The lowest BCUT2D eigenvalue weighted by Crippen LogP contribution is -2.66. The zero-order chi connectivity index (χ0) is 35.2. The molecule has 258 valence electrons. The Kier molecular flexibility index (Phi) is 10.9. The van der Waals surface area contributed by atoms with Crippen molar-refractivity contribution in [2.45, 2.75) is 125 Å². The number of hydrogen-bond donors (Lipinski definition) is 4. The highest BCUT2D eigenvalue weighted by atomic mass is 16.6. The van der Waals surface area contributed by atoms with Crippen molar-refractivity contribution >= 4 is 29.1 Å². The second kappa shape index (κ2) is 13.2. The summed E-state index contributed by atoms with van der Waals surface area (Å²) in [7, 11) is 0. The topological polar surface area (TPSA) is 176 Å². The van der Waals surface area contributed by atoms with Gasteiger partial charge in [-0.25, -0.2) is 0 Å². The number of rotatable bonds is 8. The van der Waals surface area contributed by atoms with E-state index in [-0.39, 0.29) is 42.7 Å². The van der Waals surface area contributed by atoms with Crippen LogP contribution >= 0.6 is 0 Å². The van der Waals surface area contributed by atoms with Gasteiger partial charge in [-0.3, -0.25) is 24.0 Å². The van der Waals surface area contributed by atoms with Crippen molar-refractivity contribution < 1.29 is 49.1 Å². The van der Waals surface area contributed by atoms with Crippen LogP contribution in [0.5, 0.6) is 0 Å². The molecule has 0 saturated heterocycles. The molecule has 8 unspecified atom stereocenters. The van der Waals surface area contributed by atoms with Crippen LogP contribution in [0.1, 0.15) is 101 Å². The molecule has 4 aliphatic carbocycles. The minimum Gasteiger partial charge on any atom is -0.456 e. The minimum absolute atomic E-state index is 0.0898. The normalized spacial score (nSPS) is 36.3. The molecule has 10 heteroatoms. The van der Waals surface area contributed by atoms with E-state index in [2.05, 4.69) is 6.92 Å². The number of Topliss-reactive ketones (excluding diaryl/α,β-unsaturated/α-hetero) is 3. The molecule has 4 rings (SSSR count). The van der Waals surface area contributed by atoms with Gasteiger partial charge in [-0.2, -0.15) is 0 Å². The second-order valence-electron chi connectivity index (χ2n) is 15.4. The quantitative estimate of drug-likeness (QED) is 0.174. The fourth-order valence-electron chi connectivity index (χ4n) is 9.23. The molecule has 0 bridgehead atoms. The van der Waals surface area contributed by atoms with Gasteiger partial charge in [0.25, 0.3) is 0 Å². The van der Waals surface area contributed by atoms with Gasteiger partial charge < -0.3 is 25.2 Å². The number of ketones is 4. The molecule has 46 heavy (non-hydrogen) atoms. The summed E-state index contributed by atoms with van der Waals surface area (Å²) < 4.78 is 5.21. The number of allylic oxidation sites excluding steroid dienone is 2. The maximum atomic E-state index is 14.2. The lowest BCUT2D eigenvalue weighted by atomic mass is 9.38. The Balaban J connectivity index is 0.000000738. The average Bonchev–Trinajstić information content (AvgIpc) is 3.23. The summed E-state index contributed by atoms with van der Waals surface area (Å²) in [5, 5.41) is 41.4. The van der Waals surface area contributed by atoms with Gasteiger partial charge in [0.1, 0.15) is 29.7 Å². The summed E-state index contributed by atoms with van der Waals surface area (Å²) in [5.41, 5.74) is -3.42. The Morgan fingerprint density at radius 1 is 1.11 bits per heavy atom. The van der Waals surface area contributed by atoms with E-state index in [9.17, 15) is 39.3 Å². The first-order valence-electron chi connectivity index (χ1n) is 16.5. The first kappa shape index (κ1) is 37.9. The number of ether oxygens (including phenoxy) is 1. The molecule has 10 nitrogen and oxygen atoms in total. The summed E-state index contributed by atoms with van der Waals surface area (Å²) in [5.74, 6) is -2.65. The number of aliphatic hydroxyl groups excluding tert-OH is 4. The van der Waals surface area contributed by atoms with E-state index in [0.717, 1.165) is 5.57 Å². The van der Waals surface area contributed by atoms with Crippen molar-refractivity contribution in [1.29, 1.82) is 0 Å². The SMILES string of the molecule is CC(=O)OC(C)(C)/C=C/C(=O)C(O)C1CCC2(C)[C@@H]3CC=C4C(CC(O)C(=O)C4(C)C)C3(CO)C(=O)CC12C.CCC(=O)C(C)O. The van der Waals surface area contributed by atoms with Crippen LogP contribution in [0.15, 0.2) is 23.8 Å². The summed E-state index contributed by atoms with van der Waals surface area (Å²) >= 11 is 0. The molecule has 0 heterocycles. The van der Waals surface area contributed by atoms with E-state index in [4.69, 9.17) is 9.84 Å². The maximum absolute atomic E-state index is 14.2.